The van der Waals surface area contributed by atoms with Crippen molar-refractivity contribution >= 4 is 17.8 Å². The van der Waals surface area contributed by atoms with Crippen molar-refractivity contribution in [3.63, 3.8) is 0 Å². The molecule has 3 heterocycles. The average molecular weight is 411 g/mol. The van der Waals surface area contributed by atoms with Crippen LogP contribution in [-0.4, -0.2) is 64.2 Å². The number of piperazine rings is 1. The number of amides is 2. The Bertz CT molecular complexity index is 901. The van der Waals surface area contributed by atoms with Crippen LogP contribution in [0.15, 0.2) is 24.3 Å². The Balaban J connectivity index is 1.60. The molecular formula is C22H30N6O2. The third kappa shape index (κ3) is 4.47. The lowest BCUT2D eigenvalue weighted by Gasteiger charge is -2.28. The van der Waals surface area contributed by atoms with Crippen molar-refractivity contribution in [1.29, 1.82) is 0 Å². The van der Waals surface area contributed by atoms with Crippen LogP contribution in [0.1, 0.15) is 37.7 Å². The minimum Gasteiger partial charge on any atom is -0.353 e. The van der Waals surface area contributed by atoms with Crippen LogP contribution in [0, 0.1) is 6.92 Å². The maximum atomic E-state index is 12.9. The third-order valence-corrected chi connectivity index (χ3v) is 5.95. The molecule has 0 bridgehead atoms. The molecule has 0 unspecified atom stereocenters. The van der Waals surface area contributed by atoms with Crippen molar-refractivity contribution in [1.82, 2.24) is 25.0 Å². The van der Waals surface area contributed by atoms with Crippen LogP contribution in [0.2, 0.25) is 0 Å². The number of carbonyl (C=O) groups is 2. The summed E-state index contributed by atoms with van der Waals surface area (Å²) in [5.41, 5.74) is 2.10. The summed E-state index contributed by atoms with van der Waals surface area (Å²) in [5, 5.41) is 11.7. The number of nitrogens with one attached hydrogen (secondary N) is 1. The number of likely N-dealkylation sites (tertiary alicyclic amines) is 1. The van der Waals surface area contributed by atoms with E-state index >= 15 is 0 Å². The molecule has 2 fully saturated rings. The Morgan fingerprint density at radius 2 is 1.83 bits per heavy atom. The molecule has 2 aliphatic heterocycles. The molecule has 1 aromatic carbocycles. The highest BCUT2D eigenvalue weighted by Gasteiger charge is 2.25. The van der Waals surface area contributed by atoms with Gasteiger partial charge in [0.25, 0.3) is 0 Å². The molecular weight excluding hydrogens is 380 g/mol. The standard InChI is InChI=1S/C22H30N6O2/c1-17-8-4-5-9-18(17)21-24-25-22(27-15-11-23-19(29)16-27)28(21)14-10-20(30)26-12-6-2-3-7-13-26/h4-5,8-9H,2-3,6-7,10-16H2,1H3,(H,23,29). The second-order valence-corrected chi connectivity index (χ2v) is 8.11. The van der Waals surface area contributed by atoms with Gasteiger partial charge < -0.3 is 15.1 Å². The number of benzene rings is 1. The van der Waals surface area contributed by atoms with Gasteiger partial charge in [0.2, 0.25) is 17.8 Å². The molecule has 8 heteroatoms. The van der Waals surface area contributed by atoms with E-state index in [2.05, 4.69) is 15.5 Å². The van der Waals surface area contributed by atoms with Gasteiger partial charge in [0.1, 0.15) is 0 Å². The summed E-state index contributed by atoms with van der Waals surface area (Å²) in [7, 11) is 0. The molecule has 2 aliphatic rings. The van der Waals surface area contributed by atoms with E-state index in [0.29, 0.717) is 32.0 Å². The maximum absolute atomic E-state index is 12.9. The highest BCUT2D eigenvalue weighted by atomic mass is 16.2. The molecule has 30 heavy (non-hydrogen) atoms. The van der Waals surface area contributed by atoms with E-state index in [9.17, 15) is 9.59 Å². The Morgan fingerprint density at radius 3 is 2.57 bits per heavy atom. The predicted octanol–water partition coefficient (Wildman–Crippen LogP) is 1.98. The van der Waals surface area contributed by atoms with Gasteiger partial charge in [-0.25, -0.2) is 0 Å². The molecule has 0 atom stereocenters. The maximum Gasteiger partial charge on any atom is 0.239 e. The zero-order chi connectivity index (χ0) is 20.9. The van der Waals surface area contributed by atoms with Crippen LogP contribution in [0.5, 0.6) is 0 Å². The van der Waals surface area contributed by atoms with Crippen molar-refractivity contribution in [2.75, 3.05) is 37.6 Å². The summed E-state index contributed by atoms with van der Waals surface area (Å²) < 4.78 is 2.01. The lowest BCUT2D eigenvalue weighted by atomic mass is 10.1. The molecule has 0 radical (unpaired) electrons. The van der Waals surface area contributed by atoms with Crippen LogP contribution in [0.3, 0.4) is 0 Å². The molecule has 160 valence electrons. The number of carbonyl (C=O) groups excluding carboxylic acids is 2. The van der Waals surface area contributed by atoms with Crippen molar-refractivity contribution in [2.24, 2.45) is 0 Å². The monoisotopic (exact) mass is 410 g/mol. The summed E-state index contributed by atoms with van der Waals surface area (Å²) in [6, 6.07) is 8.06. The highest BCUT2D eigenvalue weighted by Crippen LogP contribution is 2.26. The molecule has 2 saturated heterocycles. The Morgan fingerprint density at radius 1 is 1.07 bits per heavy atom. The van der Waals surface area contributed by atoms with Crippen LogP contribution < -0.4 is 10.2 Å². The topological polar surface area (TPSA) is 83.4 Å². The fourth-order valence-electron chi connectivity index (χ4n) is 4.25. The first kappa shape index (κ1) is 20.4. The van der Waals surface area contributed by atoms with E-state index in [-0.39, 0.29) is 18.4 Å². The smallest absolute Gasteiger partial charge is 0.239 e. The molecule has 4 rings (SSSR count). The number of aromatic nitrogens is 3. The number of rotatable bonds is 5. The van der Waals surface area contributed by atoms with Gasteiger partial charge in [-0.1, -0.05) is 37.1 Å². The molecule has 0 saturated carbocycles. The second kappa shape index (κ2) is 9.28. The van der Waals surface area contributed by atoms with E-state index in [4.69, 9.17) is 0 Å². The normalized spacial score (nSPS) is 17.6. The summed E-state index contributed by atoms with van der Waals surface area (Å²) in [4.78, 5) is 28.8. The molecule has 2 aromatic rings. The van der Waals surface area contributed by atoms with Gasteiger partial charge in [-0.15, -0.1) is 10.2 Å². The minimum atomic E-state index is -0.0196. The van der Waals surface area contributed by atoms with E-state index in [1.54, 1.807) is 0 Å². The van der Waals surface area contributed by atoms with Gasteiger partial charge in [-0.2, -0.15) is 0 Å². The quantitative estimate of drug-likeness (QED) is 0.815. The second-order valence-electron chi connectivity index (χ2n) is 8.11. The minimum absolute atomic E-state index is 0.0196. The number of anilines is 1. The van der Waals surface area contributed by atoms with Crippen molar-refractivity contribution < 1.29 is 9.59 Å². The zero-order valence-corrected chi connectivity index (χ0v) is 17.6. The van der Waals surface area contributed by atoms with Crippen LogP contribution in [-0.2, 0) is 16.1 Å². The van der Waals surface area contributed by atoms with Crippen molar-refractivity contribution in [2.45, 2.75) is 45.6 Å². The number of nitrogens with zero attached hydrogens (tertiary/aromatic N) is 5. The molecule has 2 amide bonds. The predicted molar refractivity (Wildman–Crippen MR) is 115 cm³/mol. The number of hydrogen-bond donors (Lipinski definition) is 1. The van der Waals surface area contributed by atoms with E-state index < -0.39 is 0 Å². The molecule has 0 aliphatic carbocycles. The fraction of sp³-hybridized carbons (Fsp3) is 0.545. The lowest BCUT2D eigenvalue weighted by Crippen LogP contribution is -2.48. The number of hydrogen-bond acceptors (Lipinski definition) is 5. The first-order chi connectivity index (χ1) is 14.6. The van der Waals surface area contributed by atoms with E-state index in [0.717, 1.165) is 42.9 Å². The lowest BCUT2D eigenvalue weighted by molar-refractivity contribution is -0.131. The van der Waals surface area contributed by atoms with Crippen LogP contribution in [0.4, 0.5) is 5.95 Å². The van der Waals surface area contributed by atoms with Crippen LogP contribution >= 0.6 is 0 Å². The van der Waals surface area contributed by atoms with Crippen molar-refractivity contribution in [3.8, 4) is 11.4 Å². The molecule has 0 spiro atoms. The Kier molecular flexibility index (Phi) is 6.30. The van der Waals surface area contributed by atoms with Crippen LogP contribution in [0.25, 0.3) is 11.4 Å². The third-order valence-electron chi connectivity index (χ3n) is 5.95. The van der Waals surface area contributed by atoms with Crippen molar-refractivity contribution in [3.05, 3.63) is 29.8 Å². The summed E-state index contributed by atoms with van der Waals surface area (Å²) in [5.74, 6) is 1.57. The first-order valence-electron chi connectivity index (χ1n) is 10.9. The van der Waals surface area contributed by atoms with Gasteiger partial charge in [0.05, 0.1) is 6.54 Å². The van der Waals surface area contributed by atoms with Gasteiger partial charge in [0.15, 0.2) is 5.82 Å². The van der Waals surface area contributed by atoms with Gasteiger partial charge in [-0.05, 0) is 25.3 Å². The molecule has 8 nitrogen and oxygen atoms in total. The molecule has 1 aromatic heterocycles. The highest BCUT2D eigenvalue weighted by molar-refractivity contribution is 5.82. The largest absolute Gasteiger partial charge is 0.353 e. The van der Waals surface area contributed by atoms with Gasteiger partial charge in [0, 0.05) is 44.7 Å². The first-order valence-corrected chi connectivity index (χ1v) is 10.9. The zero-order valence-electron chi connectivity index (χ0n) is 17.6. The fourth-order valence-corrected chi connectivity index (χ4v) is 4.25. The van der Waals surface area contributed by atoms with E-state index in [1.165, 1.54) is 12.8 Å². The number of aryl methyl sites for hydroxylation is 1. The molecule has 1 N–H and O–H groups in total. The Labute approximate surface area is 177 Å². The average Bonchev–Trinajstić information content (AvgIpc) is 2.97. The SMILES string of the molecule is Cc1ccccc1-c1nnc(N2CCNC(=O)C2)n1CCC(=O)N1CCCCCC1. The summed E-state index contributed by atoms with van der Waals surface area (Å²) in [6.07, 6.45) is 4.98. The summed E-state index contributed by atoms with van der Waals surface area (Å²) in [6.45, 7) is 5.77. The van der Waals surface area contributed by atoms with Gasteiger partial charge in [-0.3, -0.25) is 14.2 Å². The van der Waals surface area contributed by atoms with E-state index in [1.807, 2.05) is 45.6 Å². The summed E-state index contributed by atoms with van der Waals surface area (Å²) >= 11 is 0. The van der Waals surface area contributed by atoms with Gasteiger partial charge >= 0.3 is 0 Å². The Hall–Kier alpha value is -2.90.